The molecule has 1 atom stereocenters. The molecule has 0 spiro atoms. The lowest BCUT2D eigenvalue weighted by atomic mass is 10.2. The molecule has 1 saturated heterocycles. The number of amides is 1. The van der Waals surface area contributed by atoms with Gasteiger partial charge in [0.25, 0.3) is 5.91 Å². The second-order valence-electron chi connectivity index (χ2n) is 8.38. The van der Waals surface area contributed by atoms with Gasteiger partial charge in [0.15, 0.2) is 18.1 Å². The average Bonchev–Trinajstić information content (AvgIpc) is 3.48. The molecule has 1 aromatic carbocycles. The lowest BCUT2D eigenvalue weighted by Gasteiger charge is -2.20. The Morgan fingerprint density at radius 3 is 2.63 bits per heavy atom. The van der Waals surface area contributed by atoms with Crippen molar-refractivity contribution in [2.24, 2.45) is 0 Å². The minimum atomic E-state index is -4.61. The fraction of sp³-hybridized carbons (Fsp3) is 0.391. The van der Waals surface area contributed by atoms with Crippen LogP contribution in [0.1, 0.15) is 32.1 Å². The van der Waals surface area contributed by atoms with E-state index in [9.17, 15) is 18.0 Å². The first-order valence-electron chi connectivity index (χ1n) is 11.1. The van der Waals surface area contributed by atoms with Gasteiger partial charge in [-0.1, -0.05) is 6.07 Å². The summed E-state index contributed by atoms with van der Waals surface area (Å²) in [5, 5.41) is 7.16. The summed E-state index contributed by atoms with van der Waals surface area (Å²) in [5.41, 5.74) is 0.865. The van der Waals surface area contributed by atoms with Gasteiger partial charge in [0.1, 0.15) is 5.75 Å². The van der Waals surface area contributed by atoms with E-state index in [0.29, 0.717) is 18.0 Å². The molecule has 0 saturated carbocycles. The molecule has 1 aliphatic heterocycles. The van der Waals surface area contributed by atoms with Crippen LogP contribution in [-0.4, -0.2) is 51.4 Å². The normalized spacial score (nSPS) is 15.9. The monoisotopic (exact) mass is 490 g/mol. The minimum absolute atomic E-state index is 0.0441. The minimum Gasteiger partial charge on any atom is -0.480 e. The third kappa shape index (κ3) is 6.40. The molecule has 1 amide bonds. The number of hydrogen-bond acceptors (Lipinski definition) is 7. The Labute approximate surface area is 199 Å². The molecule has 2 aromatic heterocycles. The van der Waals surface area contributed by atoms with E-state index in [-0.39, 0.29) is 30.3 Å². The maximum absolute atomic E-state index is 12.6. The molecule has 0 unspecified atom stereocenters. The molecule has 3 aromatic rings. The van der Waals surface area contributed by atoms with Crippen LogP contribution in [0.25, 0.3) is 0 Å². The molecule has 0 radical (unpaired) electrons. The third-order valence-corrected chi connectivity index (χ3v) is 5.33. The molecule has 1 aliphatic rings. The summed E-state index contributed by atoms with van der Waals surface area (Å²) in [5.74, 6) is -0.361. The Morgan fingerprint density at radius 2 is 1.94 bits per heavy atom. The molecule has 186 valence electrons. The number of hydrogen-bond donors (Lipinski definition) is 1. The predicted molar refractivity (Wildman–Crippen MR) is 120 cm³/mol. The number of nitrogens with zero attached hydrogens (tertiary/aromatic N) is 5. The predicted octanol–water partition coefficient (Wildman–Crippen LogP) is 3.84. The Morgan fingerprint density at radius 1 is 1.17 bits per heavy atom. The maximum Gasteiger partial charge on any atom is 0.451 e. The van der Waals surface area contributed by atoms with Crippen molar-refractivity contribution in [2.45, 2.75) is 38.5 Å². The van der Waals surface area contributed by atoms with Crippen molar-refractivity contribution in [3.8, 4) is 17.2 Å². The summed E-state index contributed by atoms with van der Waals surface area (Å²) in [7, 11) is 0. The van der Waals surface area contributed by atoms with E-state index >= 15 is 0 Å². The number of alkyl halides is 3. The highest BCUT2D eigenvalue weighted by molar-refractivity contribution is 5.78. The lowest BCUT2D eigenvalue weighted by Crippen LogP contribution is -2.39. The van der Waals surface area contributed by atoms with Crippen LogP contribution in [0.2, 0.25) is 0 Å². The zero-order valence-electron chi connectivity index (χ0n) is 19.2. The number of anilines is 1. The van der Waals surface area contributed by atoms with Crippen molar-refractivity contribution in [2.75, 3.05) is 24.6 Å². The van der Waals surface area contributed by atoms with Gasteiger partial charge in [-0.05, 0) is 32.4 Å². The molecule has 4 rings (SSSR count). The molecular formula is C23H25F3N6O3. The number of aromatic nitrogens is 4. The van der Waals surface area contributed by atoms with E-state index in [1.165, 1.54) is 0 Å². The molecule has 9 nitrogen and oxygen atoms in total. The number of carbonyl (C=O) groups is 1. The van der Waals surface area contributed by atoms with Crippen LogP contribution in [0, 0.1) is 0 Å². The Bertz CT molecular complexity index is 1150. The van der Waals surface area contributed by atoms with Gasteiger partial charge in [0, 0.05) is 36.9 Å². The molecule has 1 fully saturated rings. The van der Waals surface area contributed by atoms with Gasteiger partial charge in [-0.25, -0.2) is 9.97 Å². The summed E-state index contributed by atoms with van der Waals surface area (Å²) in [6, 6.07) is 7.31. The zero-order valence-corrected chi connectivity index (χ0v) is 19.2. The van der Waals surface area contributed by atoms with Gasteiger partial charge in [0.2, 0.25) is 5.82 Å². The van der Waals surface area contributed by atoms with Crippen LogP contribution in [0.15, 0.2) is 49.1 Å². The standard InChI is InChI=1S/C23H25F3N6O3/c1-15(2)32-13-20(11-29-32)34-14-21(33)30-16-6-7-31(12-16)17-4-3-5-18(8-17)35-19-9-27-22(28-10-19)23(24,25)26/h3-5,8-11,13,15-16H,6-7,12,14H2,1-2H3,(H,30,33)/t16-/m0/s1. The van der Waals surface area contributed by atoms with E-state index in [1.54, 1.807) is 35.3 Å². The van der Waals surface area contributed by atoms with Crippen molar-refractivity contribution in [1.29, 1.82) is 0 Å². The molecule has 3 heterocycles. The van der Waals surface area contributed by atoms with E-state index in [0.717, 1.165) is 31.0 Å². The highest BCUT2D eigenvalue weighted by atomic mass is 19.4. The van der Waals surface area contributed by atoms with Gasteiger partial charge in [0.05, 0.1) is 24.8 Å². The van der Waals surface area contributed by atoms with Crippen molar-refractivity contribution >= 4 is 11.6 Å². The number of halogens is 3. The van der Waals surface area contributed by atoms with Gasteiger partial charge < -0.3 is 19.7 Å². The molecular weight excluding hydrogens is 465 g/mol. The van der Waals surface area contributed by atoms with Gasteiger partial charge >= 0.3 is 6.18 Å². The third-order valence-electron chi connectivity index (χ3n) is 5.33. The molecule has 35 heavy (non-hydrogen) atoms. The molecule has 0 aliphatic carbocycles. The van der Waals surface area contributed by atoms with E-state index in [1.807, 2.05) is 19.9 Å². The Hall–Kier alpha value is -3.83. The van der Waals surface area contributed by atoms with Gasteiger partial charge in [-0.3, -0.25) is 9.48 Å². The number of ether oxygens (including phenoxy) is 2. The highest BCUT2D eigenvalue weighted by Gasteiger charge is 2.34. The Kier molecular flexibility index (Phi) is 7.08. The molecule has 12 heteroatoms. The van der Waals surface area contributed by atoms with Crippen LogP contribution in [-0.2, 0) is 11.0 Å². The second kappa shape index (κ2) is 10.2. The van der Waals surface area contributed by atoms with Gasteiger partial charge in [-0.15, -0.1) is 0 Å². The number of nitrogens with one attached hydrogen (secondary N) is 1. The first kappa shape index (κ1) is 24.3. The fourth-order valence-corrected chi connectivity index (χ4v) is 3.60. The van der Waals surface area contributed by atoms with E-state index in [4.69, 9.17) is 9.47 Å². The van der Waals surface area contributed by atoms with Crippen molar-refractivity contribution in [3.63, 3.8) is 0 Å². The number of carbonyl (C=O) groups excluding carboxylic acids is 1. The molecule has 0 bridgehead atoms. The van der Waals surface area contributed by atoms with Crippen molar-refractivity contribution < 1.29 is 27.4 Å². The average molecular weight is 490 g/mol. The summed E-state index contributed by atoms with van der Waals surface area (Å²) < 4.78 is 50.8. The summed E-state index contributed by atoms with van der Waals surface area (Å²) in [4.78, 5) is 21.0. The SMILES string of the molecule is CC(C)n1cc(OCC(=O)N[C@H]2CCN(c3cccc(Oc4cnc(C(F)(F)F)nc4)c3)C2)cn1. The number of rotatable bonds is 8. The van der Waals surface area contributed by atoms with Crippen LogP contribution in [0.5, 0.6) is 17.2 Å². The summed E-state index contributed by atoms with van der Waals surface area (Å²) in [6.07, 6.45) is 1.45. The number of benzene rings is 1. The van der Waals surface area contributed by atoms with Crippen LogP contribution < -0.4 is 19.7 Å². The van der Waals surface area contributed by atoms with E-state index < -0.39 is 12.0 Å². The summed E-state index contributed by atoms with van der Waals surface area (Å²) in [6.45, 7) is 5.23. The maximum atomic E-state index is 12.6. The zero-order chi connectivity index (χ0) is 25.0. The largest absolute Gasteiger partial charge is 0.480 e. The second-order valence-corrected chi connectivity index (χ2v) is 8.38. The highest BCUT2D eigenvalue weighted by Crippen LogP contribution is 2.29. The first-order valence-corrected chi connectivity index (χ1v) is 11.1. The fourth-order valence-electron chi connectivity index (χ4n) is 3.60. The van der Waals surface area contributed by atoms with Gasteiger partial charge in [-0.2, -0.15) is 18.3 Å². The van der Waals surface area contributed by atoms with Crippen molar-refractivity contribution in [1.82, 2.24) is 25.1 Å². The van der Waals surface area contributed by atoms with Crippen LogP contribution in [0.3, 0.4) is 0 Å². The van der Waals surface area contributed by atoms with Crippen molar-refractivity contribution in [3.05, 3.63) is 54.9 Å². The Balaban J connectivity index is 1.28. The molecule has 1 N–H and O–H groups in total. The summed E-state index contributed by atoms with van der Waals surface area (Å²) >= 11 is 0. The van der Waals surface area contributed by atoms with Crippen LogP contribution >= 0.6 is 0 Å². The quantitative estimate of drug-likeness (QED) is 0.513. The van der Waals surface area contributed by atoms with Crippen LogP contribution in [0.4, 0.5) is 18.9 Å². The lowest BCUT2D eigenvalue weighted by molar-refractivity contribution is -0.145. The first-order chi connectivity index (χ1) is 16.7. The topological polar surface area (TPSA) is 94.4 Å². The van der Waals surface area contributed by atoms with E-state index in [2.05, 4.69) is 25.3 Å². The smallest absolute Gasteiger partial charge is 0.451 e.